The number of nitrogens with one attached hydrogen (secondary N) is 1. The topological polar surface area (TPSA) is 73.5 Å². The number of nitrogens with zero attached hydrogens (tertiary/aromatic N) is 2. The molecule has 3 rings (SSSR count). The summed E-state index contributed by atoms with van der Waals surface area (Å²) in [5, 5.41) is 0. The first-order chi connectivity index (χ1) is 13.2. The van der Waals surface area contributed by atoms with E-state index >= 15 is 0 Å². The molecule has 1 aliphatic rings. The zero-order valence-electron chi connectivity index (χ0n) is 14.4. The summed E-state index contributed by atoms with van der Waals surface area (Å²) in [5.41, 5.74) is -1.85. The molecule has 1 fully saturated rings. The molecule has 6 nitrogen and oxygen atoms in total. The van der Waals surface area contributed by atoms with Crippen LogP contribution in [-0.4, -0.2) is 52.8 Å². The van der Waals surface area contributed by atoms with Crippen molar-refractivity contribution in [3.63, 3.8) is 0 Å². The van der Waals surface area contributed by atoms with E-state index in [1.54, 1.807) is 0 Å². The molecule has 0 unspecified atom stereocenters. The van der Waals surface area contributed by atoms with E-state index in [0.29, 0.717) is 18.2 Å². The van der Waals surface area contributed by atoms with Gasteiger partial charge in [0, 0.05) is 38.4 Å². The number of halogens is 4. The normalized spacial score (nSPS) is 14.9. The summed E-state index contributed by atoms with van der Waals surface area (Å²) in [4.78, 5) is 40.9. The largest absolute Gasteiger partial charge is 0.416 e. The molecule has 0 aliphatic carbocycles. The second kappa shape index (κ2) is 7.45. The minimum absolute atomic E-state index is 0.0453. The Bertz CT molecular complexity index is 943. The SMILES string of the molecule is O=C(c1ccc(=O)[nH]c1)N1CCN(C(=O)c2cc(C(F)(F)F)ccc2F)CC1. The summed E-state index contributed by atoms with van der Waals surface area (Å²) in [5.74, 6) is -2.25. The van der Waals surface area contributed by atoms with Crippen LogP contribution in [0.15, 0.2) is 41.3 Å². The average molecular weight is 397 g/mol. The molecule has 1 saturated heterocycles. The van der Waals surface area contributed by atoms with Gasteiger partial charge in [-0.3, -0.25) is 14.4 Å². The molecule has 148 valence electrons. The van der Waals surface area contributed by atoms with Gasteiger partial charge in [-0.15, -0.1) is 0 Å². The zero-order chi connectivity index (χ0) is 20.5. The molecule has 2 heterocycles. The maximum atomic E-state index is 13.9. The molecular formula is C18H15F4N3O3. The van der Waals surface area contributed by atoms with Crippen molar-refractivity contribution in [3.05, 3.63) is 69.4 Å². The van der Waals surface area contributed by atoms with Gasteiger partial charge >= 0.3 is 6.18 Å². The highest BCUT2D eigenvalue weighted by Gasteiger charge is 2.33. The smallest absolute Gasteiger partial charge is 0.335 e. The number of carbonyl (C=O) groups is 2. The van der Waals surface area contributed by atoms with E-state index in [1.807, 2.05) is 0 Å². The summed E-state index contributed by atoms with van der Waals surface area (Å²) in [6.07, 6.45) is -3.41. The summed E-state index contributed by atoms with van der Waals surface area (Å²) in [6, 6.07) is 4.27. The second-order valence-electron chi connectivity index (χ2n) is 6.22. The van der Waals surface area contributed by atoms with Gasteiger partial charge in [0.1, 0.15) is 5.82 Å². The van der Waals surface area contributed by atoms with Crippen LogP contribution in [-0.2, 0) is 6.18 Å². The fraction of sp³-hybridized carbons (Fsp3) is 0.278. The van der Waals surface area contributed by atoms with E-state index in [1.165, 1.54) is 28.1 Å². The molecule has 1 N–H and O–H groups in total. The van der Waals surface area contributed by atoms with Crippen molar-refractivity contribution < 1.29 is 27.2 Å². The lowest BCUT2D eigenvalue weighted by Crippen LogP contribution is -2.50. The number of amides is 2. The molecule has 0 radical (unpaired) electrons. The molecular weight excluding hydrogens is 382 g/mol. The number of aromatic nitrogens is 1. The Labute approximate surface area is 156 Å². The zero-order valence-corrected chi connectivity index (χ0v) is 14.4. The number of H-pyrrole nitrogens is 1. The van der Waals surface area contributed by atoms with Crippen LogP contribution in [0.1, 0.15) is 26.3 Å². The molecule has 1 aromatic carbocycles. The van der Waals surface area contributed by atoms with E-state index in [0.717, 1.165) is 0 Å². The maximum Gasteiger partial charge on any atom is 0.416 e. The molecule has 0 atom stereocenters. The average Bonchev–Trinajstić information content (AvgIpc) is 2.67. The molecule has 10 heteroatoms. The van der Waals surface area contributed by atoms with Crippen LogP contribution in [0.3, 0.4) is 0 Å². The van der Waals surface area contributed by atoms with Gasteiger partial charge in [0.15, 0.2) is 0 Å². The van der Waals surface area contributed by atoms with Gasteiger partial charge in [0.25, 0.3) is 11.8 Å². The summed E-state index contributed by atoms with van der Waals surface area (Å²) >= 11 is 0. The van der Waals surface area contributed by atoms with Crippen LogP contribution in [0.4, 0.5) is 17.6 Å². The number of benzene rings is 1. The van der Waals surface area contributed by atoms with Gasteiger partial charge in [-0.1, -0.05) is 0 Å². The Hall–Kier alpha value is -3.17. The Kier molecular flexibility index (Phi) is 5.21. The van der Waals surface area contributed by atoms with E-state index in [-0.39, 0.29) is 43.2 Å². The number of aromatic amines is 1. The van der Waals surface area contributed by atoms with Crippen molar-refractivity contribution in [2.24, 2.45) is 0 Å². The van der Waals surface area contributed by atoms with Gasteiger partial charge < -0.3 is 14.8 Å². The number of hydrogen-bond donors (Lipinski definition) is 1. The molecule has 0 spiro atoms. The highest BCUT2D eigenvalue weighted by Crippen LogP contribution is 2.30. The van der Waals surface area contributed by atoms with E-state index in [4.69, 9.17) is 0 Å². The monoisotopic (exact) mass is 397 g/mol. The lowest BCUT2D eigenvalue weighted by molar-refractivity contribution is -0.137. The standard InChI is InChI=1S/C18H15F4N3O3/c19-14-3-2-12(18(20,21)22)9-13(14)17(28)25-7-5-24(6-8-25)16(27)11-1-4-15(26)23-10-11/h1-4,9-10H,5-8H2,(H,23,26). The van der Waals surface area contributed by atoms with E-state index in [2.05, 4.69) is 4.98 Å². The predicted molar refractivity (Wildman–Crippen MR) is 90.3 cm³/mol. The Balaban J connectivity index is 1.69. The van der Waals surface area contributed by atoms with Crippen LogP contribution in [0, 0.1) is 5.82 Å². The van der Waals surface area contributed by atoms with Crippen LogP contribution in [0.5, 0.6) is 0 Å². The first-order valence-electron chi connectivity index (χ1n) is 8.31. The Morgan fingerprint density at radius 1 is 0.929 bits per heavy atom. The Morgan fingerprint density at radius 3 is 2.07 bits per heavy atom. The van der Waals surface area contributed by atoms with Gasteiger partial charge in [0.2, 0.25) is 5.56 Å². The van der Waals surface area contributed by atoms with Crippen LogP contribution in [0.25, 0.3) is 0 Å². The third-order valence-corrected chi connectivity index (χ3v) is 4.41. The molecule has 2 amide bonds. The van der Waals surface area contributed by atoms with Crippen molar-refractivity contribution in [2.75, 3.05) is 26.2 Å². The third kappa shape index (κ3) is 4.05. The molecule has 1 aromatic heterocycles. The van der Waals surface area contributed by atoms with Gasteiger partial charge in [0.05, 0.1) is 16.7 Å². The van der Waals surface area contributed by atoms with E-state index in [9.17, 15) is 31.9 Å². The minimum atomic E-state index is -4.69. The lowest BCUT2D eigenvalue weighted by Gasteiger charge is -2.35. The fourth-order valence-corrected chi connectivity index (χ4v) is 2.87. The summed E-state index contributed by atoms with van der Waals surface area (Å²) in [6.45, 7) is 0.349. The number of rotatable bonds is 2. The van der Waals surface area contributed by atoms with E-state index < -0.39 is 29.0 Å². The quantitative estimate of drug-likeness (QED) is 0.790. The molecule has 2 aromatic rings. The number of hydrogen-bond acceptors (Lipinski definition) is 3. The second-order valence-corrected chi connectivity index (χ2v) is 6.22. The van der Waals surface area contributed by atoms with Gasteiger partial charge in [-0.05, 0) is 24.3 Å². The van der Waals surface area contributed by atoms with Crippen LogP contribution >= 0.6 is 0 Å². The molecule has 0 saturated carbocycles. The lowest BCUT2D eigenvalue weighted by atomic mass is 10.1. The highest BCUT2D eigenvalue weighted by atomic mass is 19.4. The first-order valence-corrected chi connectivity index (χ1v) is 8.31. The van der Waals surface area contributed by atoms with Crippen molar-refractivity contribution in [1.29, 1.82) is 0 Å². The number of pyridine rings is 1. The van der Waals surface area contributed by atoms with Crippen LogP contribution in [0.2, 0.25) is 0 Å². The molecule has 0 bridgehead atoms. The number of piperazine rings is 1. The summed E-state index contributed by atoms with van der Waals surface area (Å²) < 4.78 is 52.4. The number of alkyl halides is 3. The van der Waals surface area contributed by atoms with Crippen molar-refractivity contribution in [1.82, 2.24) is 14.8 Å². The number of carbonyl (C=O) groups excluding carboxylic acids is 2. The van der Waals surface area contributed by atoms with Gasteiger partial charge in [-0.2, -0.15) is 13.2 Å². The minimum Gasteiger partial charge on any atom is -0.335 e. The van der Waals surface area contributed by atoms with Crippen LogP contribution < -0.4 is 5.56 Å². The maximum absolute atomic E-state index is 13.9. The predicted octanol–water partition coefficient (Wildman–Crippen LogP) is 2.13. The molecule has 28 heavy (non-hydrogen) atoms. The first kappa shape index (κ1) is 19.6. The van der Waals surface area contributed by atoms with Gasteiger partial charge in [-0.25, -0.2) is 4.39 Å². The van der Waals surface area contributed by atoms with Crippen molar-refractivity contribution >= 4 is 11.8 Å². The third-order valence-electron chi connectivity index (χ3n) is 4.41. The summed E-state index contributed by atoms with van der Waals surface area (Å²) in [7, 11) is 0. The molecule has 1 aliphatic heterocycles. The highest BCUT2D eigenvalue weighted by molar-refractivity contribution is 5.96. The Morgan fingerprint density at radius 2 is 1.54 bits per heavy atom. The fourth-order valence-electron chi connectivity index (χ4n) is 2.87. The van der Waals surface area contributed by atoms with Crippen molar-refractivity contribution in [3.8, 4) is 0 Å². The van der Waals surface area contributed by atoms with Crippen molar-refractivity contribution in [2.45, 2.75) is 6.18 Å².